The van der Waals surface area contributed by atoms with Crippen molar-refractivity contribution in [3.8, 4) is 0 Å². The highest BCUT2D eigenvalue weighted by atomic mass is 14.9. The van der Waals surface area contributed by atoms with Crippen LogP contribution in [-0.2, 0) is 5.54 Å². The van der Waals surface area contributed by atoms with Gasteiger partial charge < -0.3 is 10.3 Å². The first-order chi connectivity index (χ1) is 8.10. The lowest BCUT2D eigenvalue weighted by molar-refractivity contribution is 0.445. The van der Waals surface area contributed by atoms with E-state index in [2.05, 4.69) is 47.3 Å². The van der Waals surface area contributed by atoms with Gasteiger partial charge >= 0.3 is 0 Å². The van der Waals surface area contributed by atoms with Crippen LogP contribution in [0.3, 0.4) is 0 Å². The molecule has 0 unspecified atom stereocenters. The third-order valence-corrected chi connectivity index (χ3v) is 3.81. The van der Waals surface area contributed by atoms with Crippen LogP contribution in [0.25, 0.3) is 11.0 Å². The summed E-state index contributed by atoms with van der Waals surface area (Å²) >= 11 is 0. The second kappa shape index (κ2) is 3.57. The van der Waals surface area contributed by atoms with E-state index in [9.17, 15) is 0 Å². The molecule has 2 N–H and O–H groups in total. The van der Waals surface area contributed by atoms with Crippen molar-refractivity contribution in [2.24, 2.45) is 0 Å². The van der Waals surface area contributed by atoms with Gasteiger partial charge in [-0.05, 0) is 51.4 Å². The monoisotopic (exact) mass is 229 g/mol. The number of rotatable bonds is 3. The molecule has 1 aromatic heterocycles. The summed E-state index contributed by atoms with van der Waals surface area (Å²) in [5, 5.41) is 3.33. The van der Waals surface area contributed by atoms with E-state index in [1.54, 1.807) is 0 Å². The van der Waals surface area contributed by atoms with E-state index in [0.29, 0.717) is 5.92 Å². The molecule has 0 radical (unpaired) electrons. The predicted molar refractivity (Wildman–Crippen MR) is 70.2 cm³/mol. The smallest absolute Gasteiger partial charge is 0.110 e. The Bertz CT molecular complexity index is 550. The van der Waals surface area contributed by atoms with Crippen molar-refractivity contribution in [2.75, 3.05) is 7.05 Å². The summed E-state index contributed by atoms with van der Waals surface area (Å²) in [6.07, 6.45) is 2.57. The van der Waals surface area contributed by atoms with Crippen molar-refractivity contribution >= 4 is 11.0 Å². The lowest BCUT2D eigenvalue weighted by atomic mass is 9.94. The van der Waals surface area contributed by atoms with E-state index in [4.69, 9.17) is 0 Å². The van der Waals surface area contributed by atoms with Crippen LogP contribution in [0.2, 0.25) is 0 Å². The SMILES string of the molecule is CNC(C)(C)c1ccc2nc(C3CC3)[nH]c2c1. The van der Waals surface area contributed by atoms with Gasteiger partial charge in [-0.15, -0.1) is 0 Å². The molecular formula is C14H19N3. The summed E-state index contributed by atoms with van der Waals surface area (Å²) in [6, 6.07) is 6.49. The quantitative estimate of drug-likeness (QED) is 0.849. The number of hydrogen-bond acceptors (Lipinski definition) is 2. The zero-order chi connectivity index (χ0) is 12.0. The largest absolute Gasteiger partial charge is 0.342 e. The van der Waals surface area contributed by atoms with E-state index in [1.807, 2.05) is 7.05 Å². The molecule has 0 saturated heterocycles. The van der Waals surface area contributed by atoms with Gasteiger partial charge in [-0.1, -0.05) is 6.07 Å². The summed E-state index contributed by atoms with van der Waals surface area (Å²) in [6.45, 7) is 4.37. The molecule has 1 fully saturated rings. The van der Waals surface area contributed by atoms with Gasteiger partial charge in [0.25, 0.3) is 0 Å². The van der Waals surface area contributed by atoms with Gasteiger partial charge in [-0.2, -0.15) is 0 Å². The Morgan fingerprint density at radius 1 is 1.35 bits per heavy atom. The van der Waals surface area contributed by atoms with E-state index in [-0.39, 0.29) is 5.54 Å². The normalized spacial score (nSPS) is 16.6. The van der Waals surface area contributed by atoms with Crippen LogP contribution in [0.5, 0.6) is 0 Å². The van der Waals surface area contributed by atoms with Gasteiger partial charge in [0.05, 0.1) is 11.0 Å². The van der Waals surface area contributed by atoms with Crippen LogP contribution in [0.15, 0.2) is 18.2 Å². The first kappa shape index (κ1) is 10.8. The fourth-order valence-electron chi connectivity index (χ4n) is 2.11. The Labute approximate surface area is 102 Å². The van der Waals surface area contributed by atoms with Crippen LogP contribution < -0.4 is 5.32 Å². The van der Waals surface area contributed by atoms with Crippen LogP contribution in [0.1, 0.15) is 44.0 Å². The second-order valence-corrected chi connectivity index (χ2v) is 5.50. The Balaban J connectivity index is 2.05. The average Bonchev–Trinajstić information content (AvgIpc) is 3.08. The summed E-state index contributed by atoms with van der Waals surface area (Å²) in [5.74, 6) is 1.85. The Morgan fingerprint density at radius 3 is 2.76 bits per heavy atom. The minimum absolute atomic E-state index is 0.000948. The van der Waals surface area contributed by atoms with Crippen LogP contribution >= 0.6 is 0 Å². The number of aromatic nitrogens is 2. The second-order valence-electron chi connectivity index (χ2n) is 5.50. The Hall–Kier alpha value is -1.35. The van der Waals surface area contributed by atoms with Crippen molar-refractivity contribution in [3.63, 3.8) is 0 Å². The molecule has 0 spiro atoms. The molecule has 1 saturated carbocycles. The maximum absolute atomic E-state index is 4.65. The van der Waals surface area contributed by atoms with Crippen molar-refractivity contribution < 1.29 is 0 Å². The van der Waals surface area contributed by atoms with Crippen LogP contribution in [-0.4, -0.2) is 17.0 Å². The fourth-order valence-corrected chi connectivity index (χ4v) is 2.11. The van der Waals surface area contributed by atoms with Gasteiger partial charge in [-0.25, -0.2) is 4.98 Å². The van der Waals surface area contributed by atoms with Gasteiger partial charge in [0, 0.05) is 11.5 Å². The first-order valence-corrected chi connectivity index (χ1v) is 6.29. The number of aromatic amines is 1. The van der Waals surface area contributed by atoms with Gasteiger partial charge in [0.2, 0.25) is 0 Å². The van der Waals surface area contributed by atoms with Crippen molar-refractivity contribution in [3.05, 3.63) is 29.6 Å². The number of H-pyrrole nitrogens is 1. The minimum Gasteiger partial charge on any atom is -0.342 e. The van der Waals surface area contributed by atoms with Crippen LogP contribution in [0.4, 0.5) is 0 Å². The lowest BCUT2D eigenvalue weighted by Crippen LogP contribution is -2.32. The van der Waals surface area contributed by atoms with Crippen molar-refractivity contribution in [1.82, 2.24) is 15.3 Å². The third kappa shape index (κ3) is 1.84. The van der Waals surface area contributed by atoms with Crippen LogP contribution in [0, 0.1) is 0 Å². The molecule has 1 aliphatic rings. The number of nitrogens with one attached hydrogen (secondary N) is 2. The molecule has 2 aromatic rings. The molecule has 0 bridgehead atoms. The Kier molecular flexibility index (Phi) is 2.26. The molecule has 3 nitrogen and oxygen atoms in total. The molecule has 3 rings (SSSR count). The first-order valence-electron chi connectivity index (χ1n) is 6.29. The van der Waals surface area contributed by atoms with Gasteiger partial charge in [0.15, 0.2) is 0 Å². The molecule has 0 atom stereocenters. The summed E-state index contributed by atoms with van der Waals surface area (Å²) in [7, 11) is 1.99. The highest BCUT2D eigenvalue weighted by Gasteiger charge is 2.27. The molecule has 3 heteroatoms. The maximum atomic E-state index is 4.65. The molecule has 0 aliphatic heterocycles. The Morgan fingerprint density at radius 2 is 2.12 bits per heavy atom. The number of fused-ring (bicyclic) bond motifs is 1. The van der Waals surface area contributed by atoms with Gasteiger partial charge in [-0.3, -0.25) is 0 Å². The predicted octanol–water partition coefficient (Wildman–Crippen LogP) is 2.89. The molecule has 1 aromatic carbocycles. The number of benzene rings is 1. The van der Waals surface area contributed by atoms with Gasteiger partial charge in [0.1, 0.15) is 5.82 Å². The van der Waals surface area contributed by atoms with Crippen molar-refractivity contribution in [1.29, 1.82) is 0 Å². The highest BCUT2D eigenvalue weighted by Crippen LogP contribution is 2.39. The summed E-state index contributed by atoms with van der Waals surface area (Å²) in [4.78, 5) is 8.10. The minimum atomic E-state index is -0.000948. The standard InChI is InChI=1S/C14H19N3/c1-14(2,15-3)10-6-7-11-12(8-10)17-13(16-11)9-4-5-9/h6-9,15H,4-5H2,1-3H3,(H,16,17). The summed E-state index contributed by atoms with van der Waals surface area (Å²) in [5.41, 5.74) is 3.53. The molecule has 1 aliphatic carbocycles. The zero-order valence-electron chi connectivity index (χ0n) is 10.7. The molecular weight excluding hydrogens is 210 g/mol. The topological polar surface area (TPSA) is 40.7 Å². The molecule has 17 heavy (non-hydrogen) atoms. The molecule has 90 valence electrons. The van der Waals surface area contributed by atoms with E-state index in [0.717, 1.165) is 11.0 Å². The number of hydrogen-bond donors (Lipinski definition) is 2. The lowest BCUT2D eigenvalue weighted by Gasteiger charge is -2.24. The van der Waals surface area contributed by atoms with E-state index < -0.39 is 0 Å². The van der Waals surface area contributed by atoms with E-state index >= 15 is 0 Å². The fraction of sp³-hybridized carbons (Fsp3) is 0.500. The average molecular weight is 229 g/mol. The number of imidazole rings is 1. The molecule has 0 amide bonds. The summed E-state index contributed by atoms with van der Waals surface area (Å²) < 4.78 is 0. The highest BCUT2D eigenvalue weighted by molar-refractivity contribution is 5.76. The zero-order valence-corrected chi connectivity index (χ0v) is 10.7. The van der Waals surface area contributed by atoms with Crippen molar-refractivity contribution in [2.45, 2.75) is 38.1 Å². The van der Waals surface area contributed by atoms with E-state index in [1.165, 1.54) is 24.2 Å². The third-order valence-electron chi connectivity index (χ3n) is 3.81. The number of nitrogens with zero attached hydrogens (tertiary/aromatic N) is 1. The maximum Gasteiger partial charge on any atom is 0.110 e. The molecule has 1 heterocycles.